The largest absolute Gasteiger partial charge is 0.490 e. The van der Waals surface area contributed by atoms with Crippen molar-refractivity contribution in [2.45, 2.75) is 43.6 Å². The molecular formula is C13H17ClO3S. The van der Waals surface area contributed by atoms with Crippen molar-refractivity contribution in [1.82, 2.24) is 0 Å². The van der Waals surface area contributed by atoms with Crippen LogP contribution >= 0.6 is 10.7 Å². The van der Waals surface area contributed by atoms with E-state index in [9.17, 15) is 8.42 Å². The van der Waals surface area contributed by atoms with Crippen molar-refractivity contribution in [2.75, 3.05) is 0 Å². The van der Waals surface area contributed by atoms with E-state index in [4.69, 9.17) is 15.4 Å². The molecule has 0 bridgehead atoms. The average molecular weight is 289 g/mol. The molecule has 0 saturated heterocycles. The maximum absolute atomic E-state index is 11.1. The Hall–Kier alpha value is -0.740. The molecule has 18 heavy (non-hydrogen) atoms. The summed E-state index contributed by atoms with van der Waals surface area (Å²) in [5.74, 6) is 1.49. The van der Waals surface area contributed by atoms with Crippen molar-refractivity contribution in [3.63, 3.8) is 0 Å². The van der Waals surface area contributed by atoms with Crippen LogP contribution in [0.5, 0.6) is 5.75 Å². The first-order valence-electron chi connectivity index (χ1n) is 6.16. The molecule has 0 unspecified atom stereocenters. The van der Waals surface area contributed by atoms with Gasteiger partial charge in [-0.3, -0.25) is 0 Å². The van der Waals surface area contributed by atoms with Crippen LogP contribution in [0.1, 0.15) is 32.6 Å². The Morgan fingerprint density at radius 3 is 2.17 bits per heavy atom. The lowest BCUT2D eigenvalue weighted by Gasteiger charge is -2.26. The smallest absolute Gasteiger partial charge is 0.261 e. The molecular weight excluding hydrogens is 272 g/mol. The van der Waals surface area contributed by atoms with E-state index >= 15 is 0 Å². The fraction of sp³-hybridized carbons (Fsp3) is 0.538. The van der Waals surface area contributed by atoms with Gasteiger partial charge in [-0.25, -0.2) is 8.42 Å². The van der Waals surface area contributed by atoms with E-state index < -0.39 is 9.05 Å². The number of hydrogen-bond acceptors (Lipinski definition) is 3. The first kappa shape index (κ1) is 13.7. The Morgan fingerprint density at radius 2 is 1.67 bits per heavy atom. The highest BCUT2D eigenvalue weighted by Crippen LogP contribution is 2.27. The number of halogens is 1. The quantitative estimate of drug-likeness (QED) is 0.799. The standard InChI is InChI=1S/C13H17ClO3S/c1-10-2-4-11(5-3-10)17-12-6-8-13(9-7-12)18(14,15)16/h6-11H,2-5H2,1H3. The van der Waals surface area contributed by atoms with Gasteiger partial charge < -0.3 is 4.74 Å². The lowest BCUT2D eigenvalue weighted by Crippen LogP contribution is -2.22. The predicted molar refractivity (Wildman–Crippen MR) is 71.5 cm³/mol. The minimum absolute atomic E-state index is 0.105. The highest BCUT2D eigenvalue weighted by atomic mass is 35.7. The zero-order valence-corrected chi connectivity index (χ0v) is 11.9. The van der Waals surface area contributed by atoms with Crippen LogP contribution in [0.25, 0.3) is 0 Å². The Kier molecular flexibility index (Phi) is 4.17. The van der Waals surface area contributed by atoms with Crippen LogP contribution in [0.2, 0.25) is 0 Å². The Morgan fingerprint density at radius 1 is 1.11 bits per heavy atom. The first-order chi connectivity index (χ1) is 8.45. The molecule has 0 N–H and O–H groups in total. The second kappa shape index (κ2) is 5.49. The van der Waals surface area contributed by atoms with E-state index in [0.717, 1.165) is 18.8 Å². The highest BCUT2D eigenvalue weighted by molar-refractivity contribution is 8.13. The molecule has 0 atom stereocenters. The molecule has 3 nitrogen and oxygen atoms in total. The molecule has 1 saturated carbocycles. The maximum atomic E-state index is 11.1. The zero-order chi connectivity index (χ0) is 13.2. The third-order valence-corrected chi connectivity index (χ3v) is 4.74. The summed E-state index contributed by atoms with van der Waals surface area (Å²) < 4.78 is 28.0. The minimum Gasteiger partial charge on any atom is -0.490 e. The van der Waals surface area contributed by atoms with Gasteiger partial charge in [0.1, 0.15) is 5.75 Å². The van der Waals surface area contributed by atoms with Crippen molar-refractivity contribution in [3.05, 3.63) is 24.3 Å². The van der Waals surface area contributed by atoms with Crippen LogP contribution in [-0.2, 0) is 9.05 Å². The Bertz CT molecular complexity index is 487. The first-order valence-corrected chi connectivity index (χ1v) is 8.47. The van der Waals surface area contributed by atoms with E-state index in [0.29, 0.717) is 5.75 Å². The van der Waals surface area contributed by atoms with E-state index in [1.807, 2.05) is 0 Å². The molecule has 0 amide bonds. The zero-order valence-electron chi connectivity index (χ0n) is 10.3. The third-order valence-electron chi connectivity index (χ3n) is 3.37. The van der Waals surface area contributed by atoms with Crippen molar-refractivity contribution >= 4 is 19.7 Å². The summed E-state index contributed by atoms with van der Waals surface area (Å²) in [6.45, 7) is 2.26. The van der Waals surface area contributed by atoms with Crippen LogP contribution in [0.15, 0.2) is 29.2 Å². The lowest BCUT2D eigenvalue weighted by atomic mass is 9.89. The predicted octanol–water partition coefficient (Wildman–Crippen LogP) is 3.57. The normalized spacial score (nSPS) is 24.8. The summed E-state index contributed by atoms with van der Waals surface area (Å²) in [6, 6.07) is 6.27. The lowest BCUT2D eigenvalue weighted by molar-refractivity contribution is 0.135. The minimum atomic E-state index is -3.64. The summed E-state index contributed by atoms with van der Waals surface area (Å²) in [5, 5.41) is 0. The van der Waals surface area contributed by atoms with Crippen LogP contribution in [-0.4, -0.2) is 14.5 Å². The number of ether oxygens (including phenoxy) is 1. The van der Waals surface area contributed by atoms with E-state index in [1.54, 1.807) is 12.1 Å². The highest BCUT2D eigenvalue weighted by Gasteiger charge is 2.19. The molecule has 0 aliphatic heterocycles. The van der Waals surface area contributed by atoms with Gasteiger partial charge in [0.05, 0.1) is 11.0 Å². The van der Waals surface area contributed by atoms with Crippen molar-refractivity contribution in [1.29, 1.82) is 0 Å². The van der Waals surface area contributed by atoms with Gasteiger partial charge in [0.15, 0.2) is 0 Å². The SMILES string of the molecule is CC1CCC(Oc2ccc(S(=O)(=O)Cl)cc2)CC1. The number of hydrogen-bond donors (Lipinski definition) is 0. The molecule has 0 radical (unpaired) electrons. The number of benzene rings is 1. The molecule has 0 spiro atoms. The summed E-state index contributed by atoms with van der Waals surface area (Å²) in [7, 11) is 1.61. The van der Waals surface area contributed by atoms with Gasteiger partial charge in [0, 0.05) is 10.7 Å². The number of rotatable bonds is 3. The topological polar surface area (TPSA) is 43.4 Å². The van der Waals surface area contributed by atoms with Crippen LogP contribution in [0.3, 0.4) is 0 Å². The van der Waals surface area contributed by atoms with Gasteiger partial charge in [-0.05, 0) is 55.9 Å². The van der Waals surface area contributed by atoms with E-state index in [1.165, 1.54) is 25.0 Å². The Balaban J connectivity index is 1.98. The third kappa shape index (κ3) is 3.62. The maximum Gasteiger partial charge on any atom is 0.261 e. The van der Waals surface area contributed by atoms with E-state index in [-0.39, 0.29) is 11.0 Å². The molecule has 0 aromatic heterocycles. The fourth-order valence-corrected chi connectivity index (χ4v) is 2.99. The van der Waals surface area contributed by atoms with Crippen molar-refractivity contribution < 1.29 is 13.2 Å². The second-order valence-corrected chi connectivity index (χ2v) is 7.47. The van der Waals surface area contributed by atoms with Crippen LogP contribution in [0, 0.1) is 5.92 Å². The van der Waals surface area contributed by atoms with Gasteiger partial charge in [-0.2, -0.15) is 0 Å². The van der Waals surface area contributed by atoms with Crippen molar-refractivity contribution in [2.24, 2.45) is 5.92 Å². The molecule has 1 aliphatic rings. The second-order valence-electron chi connectivity index (χ2n) is 4.91. The molecule has 0 heterocycles. The summed E-state index contributed by atoms with van der Waals surface area (Å²) in [6.07, 6.45) is 4.77. The van der Waals surface area contributed by atoms with Gasteiger partial charge in [0.2, 0.25) is 0 Å². The summed E-state index contributed by atoms with van der Waals surface area (Å²) >= 11 is 0. The molecule has 2 rings (SSSR count). The fourth-order valence-electron chi connectivity index (χ4n) is 2.22. The molecule has 1 fully saturated rings. The Labute approximate surface area is 113 Å². The molecule has 1 aromatic rings. The summed E-state index contributed by atoms with van der Waals surface area (Å²) in [5.41, 5.74) is 0. The monoisotopic (exact) mass is 288 g/mol. The van der Waals surface area contributed by atoms with Gasteiger partial charge >= 0.3 is 0 Å². The van der Waals surface area contributed by atoms with E-state index in [2.05, 4.69) is 6.92 Å². The molecule has 1 aromatic carbocycles. The average Bonchev–Trinajstić information content (AvgIpc) is 2.32. The van der Waals surface area contributed by atoms with Crippen LogP contribution in [0.4, 0.5) is 0 Å². The van der Waals surface area contributed by atoms with Crippen LogP contribution < -0.4 is 4.74 Å². The van der Waals surface area contributed by atoms with Gasteiger partial charge in [-0.15, -0.1) is 0 Å². The van der Waals surface area contributed by atoms with Gasteiger partial charge in [-0.1, -0.05) is 6.92 Å². The van der Waals surface area contributed by atoms with Gasteiger partial charge in [0.25, 0.3) is 9.05 Å². The molecule has 1 aliphatic carbocycles. The van der Waals surface area contributed by atoms with Crippen molar-refractivity contribution in [3.8, 4) is 5.75 Å². The molecule has 100 valence electrons. The molecule has 5 heteroatoms. The summed E-state index contributed by atoms with van der Waals surface area (Å²) in [4.78, 5) is 0.105.